The molecule has 1 aliphatic carbocycles. The summed E-state index contributed by atoms with van der Waals surface area (Å²) in [6.45, 7) is 4.57. The number of benzene rings is 1. The Kier molecular flexibility index (Phi) is 7.60. The van der Waals surface area contributed by atoms with Gasteiger partial charge >= 0.3 is 5.97 Å². The number of unbranched alkanes of at least 4 members (excludes halogenated alkanes) is 1. The van der Waals surface area contributed by atoms with Gasteiger partial charge in [-0.15, -0.1) is 6.58 Å². The van der Waals surface area contributed by atoms with Crippen LogP contribution in [0, 0.1) is 11.8 Å². The summed E-state index contributed by atoms with van der Waals surface area (Å²) in [5.74, 6) is 1.47. The molecule has 0 unspecified atom stereocenters. The Morgan fingerprint density at radius 1 is 1.17 bits per heavy atom. The molecular formula is C21H28O3. The van der Waals surface area contributed by atoms with Crippen LogP contribution in [0.1, 0.15) is 50.5 Å². The predicted molar refractivity (Wildman–Crippen MR) is 98.1 cm³/mol. The van der Waals surface area contributed by atoms with Gasteiger partial charge in [-0.3, -0.25) is 0 Å². The Bertz CT molecular complexity index is 537. The molecule has 1 aromatic rings. The van der Waals surface area contributed by atoms with Gasteiger partial charge in [-0.2, -0.15) is 0 Å². The molecule has 24 heavy (non-hydrogen) atoms. The highest BCUT2D eigenvalue weighted by Gasteiger charge is 2.21. The number of rotatable bonds is 9. The van der Waals surface area contributed by atoms with Crippen LogP contribution < -0.4 is 4.74 Å². The van der Waals surface area contributed by atoms with Crippen LogP contribution in [0.25, 0.3) is 6.08 Å². The number of allylic oxidation sites excluding steroid dienone is 1. The fraction of sp³-hybridized carbons (Fsp3) is 0.476. The summed E-state index contributed by atoms with van der Waals surface area (Å²) in [4.78, 5) is 10.5. The van der Waals surface area contributed by atoms with Crippen LogP contribution in [0.5, 0.6) is 5.75 Å². The first-order valence-electron chi connectivity index (χ1n) is 8.92. The molecule has 2 rings (SSSR count). The van der Waals surface area contributed by atoms with E-state index in [1.165, 1.54) is 38.5 Å². The van der Waals surface area contributed by atoms with E-state index in [0.29, 0.717) is 5.92 Å². The summed E-state index contributed by atoms with van der Waals surface area (Å²) >= 11 is 0. The summed E-state index contributed by atoms with van der Waals surface area (Å²) in [7, 11) is 0. The van der Waals surface area contributed by atoms with Crippen LogP contribution in [-0.2, 0) is 4.79 Å². The third-order valence-electron chi connectivity index (χ3n) is 4.77. The van der Waals surface area contributed by atoms with Gasteiger partial charge in [0.15, 0.2) is 0 Å². The maximum Gasteiger partial charge on any atom is 0.328 e. The molecular weight excluding hydrogens is 300 g/mol. The van der Waals surface area contributed by atoms with Gasteiger partial charge < -0.3 is 9.84 Å². The highest BCUT2D eigenvalue weighted by atomic mass is 16.5. The molecule has 1 aromatic carbocycles. The lowest BCUT2D eigenvalue weighted by Crippen LogP contribution is -2.20. The molecule has 1 aliphatic rings. The fourth-order valence-electron chi connectivity index (χ4n) is 3.29. The fourth-order valence-corrected chi connectivity index (χ4v) is 3.29. The van der Waals surface area contributed by atoms with E-state index in [0.717, 1.165) is 36.3 Å². The smallest absolute Gasteiger partial charge is 0.328 e. The summed E-state index contributed by atoms with van der Waals surface area (Å²) < 4.78 is 5.91. The Hall–Kier alpha value is -2.03. The number of hydrogen-bond acceptors (Lipinski definition) is 2. The van der Waals surface area contributed by atoms with Crippen molar-refractivity contribution in [1.29, 1.82) is 0 Å². The van der Waals surface area contributed by atoms with Crippen molar-refractivity contribution in [2.24, 2.45) is 11.8 Å². The van der Waals surface area contributed by atoms with E-state index in [4.69, 9.17) is 9.84 Å². The first kappa shape index (κ1) is 18.3. The molecule has 0 aromatic heterocycles. The first-order chi connectivity index (χ1) is 11.7. The Balaban J connectivity index is 1.69. The molecule has 0 amide bonds. The quantitative estimate of drug-likeness (QED) is 0.379. The second kappa shape index (κ2) is 9.96. The monoisotopic (exact) mass is 328 g/mol. The molecule has 1 N–H and O–H groups in total. The normalized spacial score (nSPS) is 20.8. The van der Waals surface area contributed by atoms with E-state index >= 15 is 0 Å². The molecule has 0 atom stereocenters. The summed E-state index contributed by atoms with van der Waals surface area (Å²) in [6, 6.07) is 7.57. The van der Waals surface area contributed by atoms with Gasteiger partial charge in [0.1, 0.15) is 5.75 Å². The lowest BCUT2D eigenvalue weighted by molar-refractivity contribution is -0.131. The van der Waals surface area contributed by atoms with Crippen LogP contribution in [0.15, 0.2) is 43.0 Å². The van der Waals surface area contributed by atoms with E-state index < -0.39 is 5.97 Å². The van der Waals surface area contributed by atoms with Crippen LogP contribution >= 0.6 is 0 Å². The zero-order valence-electron chi connectivity index (χ0n) is 14.3. The molecule has 0 bridgehead atoms. The molecule has 3 heteroatoms. The molecule has 130 valence electrons. The van der Waals surface area contributed by atoms with Crippen molar-refractivity contribution in [1.82, 2.24) is 0 Å². The third-order valence-corrected chi connectivity index (χ3v) is 4.77. The van der Waals surface area contributed by atoms with Crippen molar-refractivity contribution in [3.8, 4) is 5.75 Å². The van der Waals surface area contributed by atoms with E-state index in [1.807, 2.05) is 30.3 Å². The molecule has 0 aliphatic heterocycles. The predicted octanol–water partition coefficient (Wildman–Crippen LogP) is 5.33. The zero-order chi connectivity index (χ0) is 17.2. The molecule has 0 saturated heterocycles. The largest absolute Gasteiger partial charge is 0.493 e. The van der Waals surface area contributed by atoms with Gasteiger partial charge in [0.05, 0.1) is 6.61 Å². The van der Waals surface area contributed by atoms with Crippen molar-refractivity contribution in [3.05, 3.63) is 48.6 Å². The summed E-state index contributed by atoms with van der Waals surface area (Å²) in [6.07, 6.45) is 13.7. The SMILES string of the molecule is C=CCCCC1CCC(COc2ccc(C=CC(=O)O)cc2)CC1. The van der Waals surface area contributed by atoms with Crippen LogP contribution in [0.3, 0.4) is 0 Å². The third kappa shape index (κ3) is 6.61. The van der Waals surface area contributed by atoms with Gasteiger partial charge in [0, 0.05) is 6.08 Å². The average Bonchev–Trinajstić information content (AvgIpc) is 2.60. The average molecular weight is 328 g/mol. The topological polar surface area (TPSA) is 46.5 Å². The Labute approximate surface area is 145 Å². The van der Waals surface area contributed by atoms with Gasteiger partial charge in [-0.05, 0) is 61.3 Å². The number of aliphatic carboxylic acids is 1. The number of carboxylic acid groups (broad SMARTS) is 1. The number of carboxylic acids is 1. The van der Waals surface area contributed by atoms with E-state index in [1.54, 1.807) is 6.08 Å². The number of hydrogen-bond donors (Lipinski definition) is 1. The summed E-state index contributed by atoms with van der Waals surface area (Å²) in [5, 5.41) is 8.62. The second-order valence-corrected chi connectivity index (χ2v) is 6.66. The van der Waals surface area contributed by atoms with Crippen LogP contribution in [0.2, 0.25) is 0 Å². The number of ether oxygens (including phenoxy) is 1. The first-order valence-corrected chi connectivity index (χ1v) is 8.92. The van der Waals surface area contributed by atoms with Crippen molar-refractivity contribution < 1.29 is 14.6 Å². The van der Waals surface area contributed by atoms with Gasteiger partial charge in [-0.1, -0.05) is 37.5 Å². The molecule has 1 saturated carbocycles. The van der Waals surface area contributed by atoms with Crippen molar-refractivity contribution >= 4 is 12.0 Å². The lowest BCUT2D eigenvalue weighted by Gasteiger charge is -2.28. The maximum atomic E-state index is 10.5. The highest BCUT2D eigenvalue weighted by molar-refractivity contribution is 5.85. The van der Waals surface area contributed by atoms with E-state index in [9.17, 15) is 4.79 Å². The molecule has 3 nitrogen and oxygen atoms in total. The minimum absolute atomic E-state index is 0.659. The van der Waals surface area contributed by atoms with Gasteiger partial charge in [0.2, 0.25) is 0 Å². The maximum absolute atomic E-state index is 10.5. The van der Waals surface area contributed by atoms with Crippen molar-refractivity contribution in [2.75, 3.05) is 6.61 Å². The standard InChI is InChI=1S/C21H28O3/c1-2-3-4-5-17-6-8-19(9-7-17)16-24-20-13-10-18(11-14-20)12-15-21(22)23/h2,10-15,17,19H,1,3-9,16H2,(H,22,23). The minimum Gasteiger partial charge on any atom is -0.493 e. The molecule has 1 fully saturated rings. The molecule has 0 radical (unpaired) electrons. The van der Waals surface area contributed by atoms with Crippen LogP contribution in [0.4, 0.5) is 0 Å². The molecule has 0 heterocycles. The minimum atomic E-state index is -0.935. The lowest BCUT2D eigenvalue weighted by atomic mass is 9.80. The Morgan fingerprint density at radius 3 is 2.46 bits per heavy atom. The van der Waals surface area contributed by atoms with Crippen LogP contribution in [-0.4, -0.2) is 17.7 Å². The van der Waals surface area contributed by atoms with E-state index in [-0.39, 0.29) is 0 Å². The van der Waals surface area contributed by atoms with Crippen molar-refractivity contribution in [3.63, 3.8) is 0 Å². The highest BCUT2D eigenvalue weighted by Crippen LogP contribution is 2.32. The number of carbonyl (C=O) groups is 1. The Morgan fingerprint density at radius 2 is 1.83 bits per heavy atom. The zero-order valence-corrected chi connectivity index (χ0v) is 14.3. The van der Waals surface area contributed by atoms with Gasteiger partial charge in [-0.25, -0.2) is 4.79 Å². The summed E-state index contributed by atoms with van der Waals surface area (Å²) in [5.41, 5.74) is 0.866. The van der Waals surface area contributed by atoms with Crippen molar-refractivity contribution in [2.45, 2.75) is 44.9 Å². The second-order valence-electron chi connectivity index (χ2n) is 6.66. The van der Waals surface area contributed by atoms with E-state index in [2.05, 4.69) is 6.58 Å². The van der Waals surface area contributed by atoms with Gasteiger partial charge in [0.25, 0.3) is 0 Å². The molecule has 0 spiro atoms.